The molecule has 1 rings (SSSR count). The summed E-state index contributed by atoms with van der Waals surface area (Å²) < 4.78 is 16.7. The van der Waals surface area contributed by atoms with Crippen LogP contribution in [-0.4, -0.2) is 35.0 Å². The summed E-state index contributed by atoms with van der Waals surface area (Å²) in [7, 11) is -1.85. The lowest BCUT2D eigenvalue weighted by atomic mass is 10.0. The predicted octanol–water partition coefficient (Wildman–Crippen LogP) is 2.56. The Labute approximate surface area is 94.4 Å². The second kappa shape index (κ2) is 6.63. The molecule has 0 unspecified atom stereocenters. The summed E-state index contributed by atoms with van der Waals surface area (Å²) in [5, 5.41) is 0. The zero-order chi connectivity index (χ0) is 11.1. The SMILES string of the molecule is CCO[Si](C)(CCCC1COC1)OCC. The molecule has 0 aromatic carbocycles. The second-order valence-corrected chi connectivity index (χ2v) is 7.64. The van der Waals surface area contributed by atoms with Gasteiger partial charge in [0.25, 0.3) is 0 Å². The summed E-state index contributed by atoms with van der Waals surface area (Å²) in [6.45, 7) is 9.74. The van der Waals surface area contributed by atoms with E-state index < -0.39 is 8.56 Å². The monoisotopic (exact) mass is 232 g/mol. The summed E-state index contributed by atoms with van der Waals surface area (Å²) in [6, 6.07) is 1.12. The Bertz CT molecular complexity index is 165. The van der Waals surface area contributed by atoms with Crippen molar-refractivity contribution in [2.75, 3.05) is 26.4 Å². The average Bonchev–Trinajstić information content (AvgIpc) is 2.10. The summed E-state index contributed by atoms with van der Waals surface area (Å²) in [4.78, 5) is 0. The lowest BCUT2D eigenvalue weighted by Crippen LogP contribution is -2.39. The maximum Gasteiger partial charge on any atom is 0.334 e. The van der Waals surface area contributed by atoms with Gasteiger partial charge in [-0.15, -0.1) is 0 Å². The first-order chi connectivity index (χ1) is 7.20. The van der Waals surface area contributed by atoms with Crippen molar-refractivity contribution >= 4 is 8.56 Å². The smallest absolute Gasteiger partial charge is 0.334 e. The van der Waals surface area contributed by atoms with E-state index in [1.54, 1.807) is 0 Å². The molecule has 0 N–H and O–H groups in total. The van der Waals surface area contributed by atoms with Crippen LogP contribution < -0.4 is 0 Å². The molecular weight excluding hydrogens is 208 g/mol. The van der Waals surface area contributed by atoms with Crippen molar-refractivity contribution in [3.63, 3.8) is 0 Å². The minimum Gasteiger partial charge on any atom is -0.395 e. The topological polar surface area (TPSA) is 27.7 Å². The highest BCUT2D eigenvalue weighted by Gasteiger charge is 2.30. The van der Waals surface area contributed by atoms with Crippen molar-refractivity contribution in [2.45, 2.75) is 39.3 Å². The molecule has 0 amide bonds. The molecule has 0 aromatic rings. The van der Waals surface area contributed by atoms with E-state index in [9.17, 15) is 0 Å². The molecule has 0 radical (unpaired) electrons. The molecule has 0 aliphatic carbocycles. The van der Waals surface area contributed by atoms with E-state index in [1.807, 2.05) is 13.8 Å². The van der Waals surface area contributed by atoms with Crippen LogP contribution in [0.3, 0.4) is 0 Å². The van der Waals surface area contributed by atoms with Crippen molar-refractivity contribution in [1.29, 1.82) is 0 Å². The van der Waals surface area contributed by atoms with Gasteiger partial charge in [-0.2, -0.15) is 0 Å². The molecular formula is C11H24O3Si. The maximum absolute atomic E-state index is 5.79. The van der Waals surface area contributed by atoms with Crippen molar-refractivity contribution in [3.05, 3.63) is 0 Å². The lowest BCUT2D eigenvalue weighted by Gasteiger charge is -2.29. The summed E-state index contributed by atoms with van der Waals surface area (Å²) in [5.41, 5.74) is 0. The van der Waals surface area contributed by atoms with E-state index in [0.29, 0.717) is 0 Å². The number of hydrogen-bond acceptors (Lipinski definition) is 3. The van der Waals surface area contributed by atoms with Gasteiger partial charge in [0.05, 0.1) is 13.2 Å². The lowest BCUT2D eigenvalue weighted by molar-refractivity contribution is -0.0359. The van der Waals surface area contributed by atoms with E-state index >= 15 is 0 Å². The van der Waals surface area contributed by atoms with Crippen LogP contribution in [0.2, 0.25) is 12.6 Å². The van der Waals surface area contributed by atoms with Gasteiger partial charge in [0.15, 0.2) is 0 Å². The molecule has 0 atom stereocenters. The van der Waals surface area contributed by atoms with Gasteiger partial charge >= 0.3 is 8.56 Å². The first-order valence-electron chi connectivity index (χ1n) is 6.06. The fourth-order valence-corrected chi connectivity index (χ4v) is 4.40. The zero-order valence-electron chi connectivity index (χ0n) is 10.3. The molecule has 0 bridgehead atoms. The molecule has 15 heavy (non-hydrogen) atoms. The largest absolute Gasteiger partial charge is 0.395 e. The van der Waals surface area contributed by atoms with Crippen molar-refractivity contribution in [3.8, 4) is 0 Å². The van der Waals surface area contributed by atoms with E-state index in [0.717, 1.165) is 38.4 Å². The third-order valence-corrected chi connectivity index (χ3v) is 5.91. The van der Waals surface area contributed by atoms with Crippen LogP contribution in [0.15, 0.2) is 0 Å². The van der Waals surface area contributed by atoms with Crippen LogP contribution >= 0.6 is 0 Å². The van der Waals surface area contributed by atoms with Crippen LogP contribution in [0.1, 0.15) is 26.7 Å². The standard InChI is InChI=1S/C11H24O3Si/c1-4-13-15(3,14-5-2)8-6-7-11-9-12-10-11/h11H,4-10H2,1-3H3. The fraction of sp³-hybridized carbons (Fsp3) is 1.00. The quantitative estimate of drug-likeness (QED) is 0.602. The van der Waals surface area contributed by atoms with Crippen LogP contribution in [0.25, 0.3) is 0 Å². The second-order valence-electron chi connectivity index (χ2n) is 4.30. The van der Waals surface area contributed by atoms with E-state index in [4.69, 9.17) is 13.6 Å². The van der Waals surface area contributed by atoms with Gasteiger partial charge in [0.2, 0.25) is 0 Å². The minimum atomic E-state index is -1.85. The van der Waals surface area contributed by atoms with Gasteiger partial charge in [-0.25, -0.2) is 0 Å². The molecule has 1 aliphatic rings. The first kappa shape index (κ1) is 13.2. The zero-order valence-corrected chi connectivity index (χ0v) is 11.3. The number of hydrogen-bond donors (Lipinski definition) is 0. The van der Waals surface area contributed by atoms with Crippen molar-refractivity contribution < 1.29 is 13.6 Å². The molecule has 1 fully saturated rings. The third-order valence-electron chi connectivity index (χ3n) is 2.85. The number of rotatable bonds is 8. The molecule has 0 saturated carbocycles. The highest BCUT2D eigenvalue weighted by Crippen LogP contribution is 2.22. The maximum atomic E-state index is 5.79. The van der Waals surface area contributed by atoms with Crippen molar-refractivity contribution in [1.82, 2.24) is 0 Å². The van der Waals surface area contributed by atoms with Crippen LogP contribution in [-0.2, 0) is 13.6 Å². The fourth-order valence-electron chi connectivity index (χ4n) is 1.96. The summed E-state index contributed by atoms with van der Waals surface area (Å²) >= 11 is 0. The van der Waals surface area contributed by atoms with Crippen LogP contribution in [0.5, 0.6) is 0 Å². The highest BCUT2D eigenvalue weighted by molar-refractivity contribution is 6.66. The van der Waals surface area contributed by atoms with Gasteiger partial charge in [0, 0.05) is 19.1 Å². The Hall–Kier alpha value is 0.0969. The average molecular weight is 232 g/mol. The first-order valence-corrected chi connectivity index (χ1v) is 8.58. The van der Waals surface area contributed by atoms with Crippen LogP contribution in [0, 0.1) is 5.92 Å². The van der Waals surface area contributed by atoms with Crippen LogP contribution in [0.4, 0.5) is 0 Å². The number of ether oxygens (including phenoxy) is 1. The Morgan fingerprint density at radius 2 is 1.80 bits per heavy atom. The predicted molar refractivity (Wildman–Crippen MR) is 63.2 cm³/mol. The minimum absolute atomic E-state index is 0.773. The van der Waals surface area contributed by atoms with E-state index in [-0.39, 0.29) is 0 Å². The Morgan fingerprint density at radius 1 is 1.20 bits per heavy atom. The Balaban J connectivity index is 2.17. The van der Waals surface area contributed by atoms with Gasteiger partial charge in [-0.05, 0) is 32.9 Å². The molecule has 1 heterocycles. The molecule has 4 heteroatoms. The summed E-state index contributed by atoms with van der Waals surface area (Å²) in [6.07, 6.45) is 2.49. The third kappa shape index (κ3) is 4.63. The van der Waals surface area contributed by atoms with Gasteiger partial charge < -0.3 is 13.6 Å². The Kier molecular flexibility index (Phi) is 5.82. The molecule has 1 aliphatic heterocycles. The highest BCUT2D eigenvalue weighted by atomic mass is 28.4. The van der Waals surface area contributed by atoms with Crippen molar-refractivity contribution in [2.24, 2.45) is 5.92 Å². The molecule has 1 saturated heterocycles. The van der Waals surface area contributed by atoms with Gasteiger partial charge in [-0.3, -0.25) is 0 Å². The molecule has 90 valence electrons. The Morgan fingerprint density at radius 3 is 2.20 bits per heavy atom. The van der Waals surface area contributed by atoms with E-state index in [1.165, 1.54) is 12.8 Å². The normalized spacial score (nSPS) is 17.8. The summed E-state index contributed by atoms with van der Waals surface area (Å²) in [5.74, 6) is 0.798. The molecule has 0 spiro atoms. The van der Waals surface area contributed by atoms with Gasteiger partial charge in [0.1, 0.15) is 0 Å². The van der Waals surface area contributed by atoms with Gasteiger partial charge in [-0.1, -0.05) is 6.42 Å². The molecule has 0 aromatic heterocycles. The van der Waals surface area contributed by atoms with E-state index in [2.05, 4.69) is 6.55 Å². The molecule has 3 nitrogen and oxygen atoms in total.